The first-order valence-corrected chi connectivity index (χ1v) is 3.15. The molecule has 2 nitrogen and oxygen atoms in total. The van der Waals surface area contributed by atoms with Crippen LogP contribution in [0.3, 0.4) is 0 Å². The van der Waals surface area contributed by atoms with Crippen molar-refractivity contribution in [1.29, 1.82) is 0 Å². The molecule has 2 aliphatic rings. The van der Waals surface area contributed by atoms with Gasteiger partial charge in [0.05, 0.1) is 6.20 Å². The quantitative estimate of drug-likeness (QED) is 0.447. The van der Waals surface area contributed by atoms with Gasteiger partial charge < -0.3 is 4.90 Å². The van der Waals surface area contributed by atoms with E-state index in [9.17, 15) is 0 Å². The van der Waals surface area contributed by atoms with Crippen molar-refractivity contribution in [2.75, 3.05) is 6.54 Å². The Balaban J connectivity index is 2.46. The van der Waals surface area contributed by atoms with E-state index < -0.39 is 0 Å². The van der Waals surface area contributed by atoms with Crippen LogP contribution in [0.4, 0.5) is 0 Å². The molecule has 2 aliphatic heterocycles. The minimum absolute atomic E-state index is 0.893. The first kappa shape index (κ1) is 5.31. The van der Waals surface area contributed by atoms with Crippen molar-refractivity contribution in [2.45, 2.75) is 0 Å². The van der Waals surface area contributed by atoms with Gasteiger partial charge in [0.2, 0.25) is 0 Å². The highest BCUT2D eigenvalue weighted by Gasteiger charge is 2.06. The minimum atomic E-state index is 0.893. The van der Waals surface area contributed by atoms with Crippen LogP contribution in [0.2, 0.25) is 0 Å². The zero-order valence-corrected chi connectivity index (χ0v) is 5.41. The summed E-state index contributed by atoms with van der Waals surface area (Å²) in [5.41, 5.74) is 2.79. The third-order valence-corrected chi connectivity index (χ3v) is 1.43. The first-order chi connectivity index (χ1) is 4.97. The fraction of sp³-hybridized carbons (Fsp3) is 0.125. The summed E-state index contributed by atoms with van der Waals surface area (Å²) in [6, 6.07) is 0. The molecular formula is C8H6N2. The van der Waals surface area contributed by atoms with Crippen LogP contribution in [-0.4, -0.2) is 17.3 Å². The van der Waals surface area contributed by atoms with Crippen LogP contribution in [0.25, 0.3) is 0 Å². The Labute approximate surface area is 59.2 Å². The monoisotopic (exact) mass is 130 g/mol. The van der Waals surface area contributed by atoms with E-state index in [0.717, 1.165) is 12.4 Å². The molecular weight excluding hydrogens is 124 g/mol. The molecule has 0 aromatic heterocycles. The van der Waals surface area contributed by atoms with Crippen LogP contribution in [-0.2, 0) is 0 Å². The highest BCUT2D eigenvalue weighted by atomic mass is 15.2. The molecule has 0 amide bonds. The number of nitrogens with zero attached hydrogens (tertiary/aromatic N) is 2. The number of hydrogen-bond donors (Lipinski definition) is 0. The van der Waals surface area contributed by atoms with E-state index in [1.54, 1.807) is 0 Å². The van der Waals surface area contributed by atoms with Gasteiger partial charge in [-0.15, -0.1) is 0 Å². The predicted octanol–water partition coefficient (Wildman–Crippen LogP) is 1.05. The molecule has 0 N–H and O–H groups in total. The fourth-order valence-electron chi connectivity index (χ4n) is 0.934. The van der Waals surface area contributed by atoms with Crippen molar-refractivity contribution < 1.29 is 0 Å². The van der Waals surface area contributed by atoms with Gasteiger partial charge in [-0.3, -0.25) is 0 Å². The summed E-state index contributed by atoms with van der Waals surface area (Å²) in [7, 11) is 0. The largest absolute Gasteiger partial charge is 0.321 e. The Morgan fingerprint density at radius 2 is 2.60 bits per heavy atom. The number of hydrogen-bond acceptors (Lipinski definition) is 2. The van der Waals surface area contributed by atoms with Gasteiger partial charge in [0, 0.05) is 12.4 Å². The summed E-state index contributed by atoms with van der Waals surface area (Å²) in [6.45, 7) is 0.893. The minimum Gasteiger partial charge on any atom is -0.321 e. The van der Waals surface area contributed by atoms with E-state index in [2.05, 4.69) is 22.7 Å². The maximum Gasteiger partial charge on any atom is 0.143 e. The number of allylic oxidation sites excluding steroid dienone is 2. The fourth-order valence-corrected chi connectivity index (χ4v) is 0.934. The zero-order valence-electron chi connectivity index (χ0n) is 5.41. The second-order valence-electron chi connectivity index (χ2n) is 2.10. The van der Waals surface area contributed by atoms with Gasteiger partial charge >= 0.3 is 0 Å². The summed E-state index contributed by atoms with van der Waals surface area (Å²) in [4.78, 5) is 6.01. The van der Waals surface area contributed by atoms with Crippen LogP contribution in [0.5, 0.6) is 0 Å². The van der Waals surface area contributed by atoms with Crippen LogP contribution in [0.1, 0.15) is 0 Å². The van der Waals surface area contributed by atoms with Crippen LogP contribution >= 0.6 is 0 Å². The molecule has 0 spiro atoms. The molecule has 0 aromatic carbocycles. The van der Waals surface area contributed by atoms with Crippen molar-refractivity contribution in [1.82, 2.24) is 4.90 Å². The average molecular weight is 130 g/mol. The Hall–Kier alpha value is -1.49. The molecule has 0 aromatic rings. The van der Waals surface area contributed by atoms with E-state index in [1.807, 2.05) is 23.3 Å². The Morgan fingerprint density at radius 1 is 1.60 bits per heavy atom. The van der Waals surface area contributed by atoms with Crippen molar-refractivity contribution in [3.8, 4) is 0 Å². The summed E-state index contributed by atoms with van der Waals surface area (Å²) < 4.78 is 0. The number of rotatable bonds is 0. The molecule has 2 heteroatoms. The van der Waals surface area contributed by atoms with E-state index in [0.29, 0.717) is 0 Å². The first-order valence-electron chi connectivity index (χ1n) is 3.15. The smallest absolute Gasteiger partial charge is 0.143 e. The van der Waals surface area contributed by atoms with Gasteiger partial charge in [-0.2, -0.15) is 4.99 Å². The molecule has 0 saturated carbocycles. The van der Waals surface area contributed by atoms with Crippen molar-refractivity contribution >= 4 is 5.87 Å². The van der Waals surface area contributed by atoms with Crippen LogP contribution in [0.15, 0.2) is 41.0 Å². The molecule has 10 heavy (non-hydrogen) atoms. The van der Waals surface area contributed by atoms with Gasteiger partial charge in [-0.1, -0.05) is 12.2 Å². The highest BCUT2D eigenvalue weighted by Crippen LogP contribution is 2.11. The van der Waals surface area contributed by atoms with Crippen molar-refractivity contribution in [3.63, 3.8) is 0 Å². The molecule has 0 fully saturated rings. The van der Waals surface area contributed by atoms with Gasteiger partial charge in [0.25, 0.3) is 0 Å². The lowest BCUT2D eigenvalue weighted by Crippen LogP contribution is -2.18. The third kappa shape index (κ3) is 0.725. The molecule has 48 valence electrons. The Bertz CT molecular complexity index is 297. The molecule has 0 radical (unpaired) electrons. The van der Waals surface area contributed by atoms with E-state index in [1.165, 1.54) is 0 Å². The standard InChI is InChI=1S/C8H6N2/c1-2-6-10-7-3-5-9-8(10)4-1/h1-2,4,7H,6H2. The normalized spacial score (nSPS) is 19.2. The maximum atomic E-state index is 3.99. The predicted molar refractivity (Wildman–Crippen MR) is 39.4 cm³/mol. The van der Waals surface area contributed by atoms with E-state index in [4.69, 9.17) is 0 Å². The van der Waals surface area contributed by atoms with Crippen molar-refractivity contribution in [2.24, 2.45) is 4.99 Å². The molecule has 0 saturated heterocycles. The molecule has 0 bridgehead atoms. The molecule has 2 rings (SSSR count). The Morgan fingerprint density at radius 3 is 3.50 bits per heavy atom. The maximum absolute atomic E-state index is 3.99. The molecule has 0 aliphatic carbocycles. The second kappa shape index (κ2) is 2.03. The topological polar surface area (TPSA) is 15.6 Å². The summed E-state index contributed by atoms with van der Waals surface area (Å²) >= 11 is 0. The third-order valence-electron chi connectivity index (χ3n) is 1.43. The zero-order chi connectivity index (χ0) is 6.81. The lowest BCUT2D eigenvalue weighted by molar-refractivity contribution is 0.504. The van der Waals surface area contributed by atoms with Crippen molar-refractivity contribution in [3.05, 3.63) is 36.0 Å². The summed E-state index contributed by atoms with van der Waals surface area (Å²) in [6.07, 6.45) is 7.87. The van der Waals surface area contributed by atoms with Crippen LogP contribution < -0.4 is 0 Å². The van der Waals surface area contributed by atoms with E-state index >= 15 is 0 Å². The average Bonchev–Trinajstić information content (AvgIpc) is 2.05. The SMILES string of the molecule is C1=C=NC2=CC=CCN2C=1. The summed E-state index contributed by atoms with van der Waals surface area (Å²) in [5, 5.41) is 0. The molecule has 2 heterocycles. The van der Waals surface area contributed by atoms with Gasteiger partial charge in [0.15, 0.2) is 0 Å². The lowest BCUT2D eigenvalue weighted by atomic mass is 10.3. The van der Waals surface area contributed by atoms with Gasteiger partial charge in [-0.05, 0) is 11.8 Å². The van der Waals surface area contributed by atoms with Crippen LogP contribution in [0, 0.1) is 0 Å². The molecule has 0 atom stereocenters. The van der Waals surface area contributed by atoms with Gasteiger partial charge in [0.1, 0.15) is 5.82 Å². The second-order valence-corrected chi connectivity index (χ2v) is 2.10. The Kier molecular flexibility index (Phi) is 1.08. The van der Waals surface area contributed by atoms with E-state index in [-0.39, 0.29) is 0 Å². The molecule has 0 unspecified atom stereocenters. The number of fused-ring (bicyclic) bond motifs is 1. The summed E-state index contributed by atoms with van der Waals surface area (Å²) in [5.74, 6) is 3.61. The highest BCUT2D eigenvalue weighted by molar-refractivity contribution is 5.54. The van der Waals surface area contributed by atoms with Gasteiger partial charge in [-0.25, -0.2) is 0 Å². The lowest BCUT2D eigenvalue weighted by Gasteiger charge is -2.19. The number of aliphatic imine (C=N–C) groups is 1.